The lowest BCUT2D eigenvalue weighted by molar-refractivity contribution is 0.213. The van der Waals surface area contributed by atoms with Crippen LogP contribution in [-0.4, -0.2) is 27.7 Å². The summed E-state index contributed by atoms with van der Waals surface area (Å²) >= 11 is 0. The van der Waals surface area contributed by atoms with Gasteiger partial charge >= 0.3 is 0 Å². The Labute approximate surface area is 88.3 Å². The van der Waals surface area contributed by atoms with Crippen LogP contribution in [0.5, 0.6) is 5.88 Å². The van der Waals surface area contributed by atoms with E-state index in [2.05, 4.69) is 10.3 Å². The van der Waals surface area contributed by atoms with Crippen molar-refractivity contribution in [2.45, 2.75) is 25.7 Å². The van der Waals surface area contributed by atoms with Crippen LogP contribution < -0.4 is 0 Å². The maximum Gasteiger partial charge on any atom is 0.218 e. The van der Waals surface area contributed by atoms with Crippen molar-refractivity contribution in [2.24, 2.45) is 12.2 Å². The Balaban J connectivity index is 2.47. The van der Waals surface area contributed by atoms with Gasteiger partial charge in [-0.1, -0.05) is 5.16 Å². The molecule has 0 atom stereocenters. The molecule has 1 aromatic heterocycles. The second-order valence-corrected chi connectivity index (χ2v) is 3.84. The van der Waals surface area contributed by atoms with Crippen LogP contribution in [0.25, 0.3) is 0 Å². The fourth-order valence-corrected chi connectivity index (χ4v) is 1.71. The summed E-state index contributed by atoms with van der Waals surface area (Å²) in [4.78, 5) is 4.72. The Kier molecular flexibility index (Phi) is 2.38. The third-order valence-corrected chi connectivity index (χ3v) is 2.60. The molecule has 1 saturated carbocycles. The second kappa shape index (κ2) is 3.56. The highest BCUT2D eigenvalue weighted by Gasteiger charge is 2.32. The third-order valence-electron chi connectivity index (χ3n) is 2.60. The van der Waals surface area contributed by atoms with Crippen LogP contribution in [0.3, 0.4) is 0 Å². The molecule has 0 aliphatic heterocycles. The number of hydrogen-bond donors (Lipinski definition) is 1. The summed E-state index contributed by atoms with van der Waals surface area (Å²) in [6.45, 7) is 1.81. The SMILES string of the molecule is CO/N=C(\C)c1c(C2CC2)nn(C)c1O. The van der Waals surface area contributed by atoms with Gasteiger partial charge in [0.1, 0.15) is 7.11 Å². The fourth-order valence-electron chi connectivity index (χ4n) is 1.71. The van der Waals surface area contributed by atoms with Gasteiger partial charge in [0.25, 0.3) is 0 Å². The summed E-state index contributed by atoms with van der Waals surface area (Å²) in [6.07, 6.45) is 2.29. The van der Waals surface area contributed by atoms with Gasteiger partial charge in [-0.2, -0.15) is 5.10 Å². The van der Waals surface area contributed by atoms with Crippen LogP contribution in [-0.2, 0) is 11.9 Å². The van der Waals surface area contributed by atoms with Crippen molar-refractivity contribution in [3.8, 4) is 5.88 Å². The Morgan fingerprint density at radius 2 is 2.27 bits per heavy atom. The molecular weight excluding hydrogens is 194 g/mol. The lowest BCUT2D eigenvalue weighted by Gasteiger charge is -2.00. The molecule has 0 amide bonds. The topological polar surface area (TPSA) is 59.6 Å². The zero-order valence-corrected chi connectivity index (χ0v) is 9.19. The number of hydrogen-bond acceptors (Lipinski definition) is 4. The molecule has 1 N–H and O–H groups in total. The van der Waals surface area contributed by atoms with Gasteiger partial charge in [0.2, 0.25) is 5.88 Å². The number of oxime groups is 1. The molecule has 1 aliphatic rings. The Bertz CT molecular complexity index is 405. The highest BCUT2D eigenvalue weighted by Crippen LogP contribution is 2.42. The van der Waals surface area contributed by atoms with Gasteiger partial charge in [0, 0.05) is 13.0 Å². The van der Waals surface area contributed by atoms with Crippen molar-refractivity contribution in [1.82, 2.24) is 9.78 Å². The predicted octanol–water partition coefficient (Wildman–Crippen LogP) is 1.37. The van der Waals surface area contributed by atoms with Crippen LogP contribution in [0.4, 0.5) is 0 Å². The molecular formula is C10H15N3O2. The first-order valence-corrected chi connectivity index (χ1v) is 4.99. The predicted molar refractivity (Wildman–Crippen MR) is 56.1 cm³/mol. The average molecular weight is 209 g/mol. The fraction of sp³-hybridized carbons (Fsp3) is 0.600. The monoisotopic (exact) mass is 209 g/mol. The molecule has 1 fully saturated rings. The van der Waals surface area contributed by atoms with Crippen molar-refractivity contribution in [2.75, 3.05) is 7.11 Å². The molecule has 15 heavy (non-hydrogen) atoms. The summed E-state index contributed by atoms with van der Waals surface area (Å²) in [5.41, 5.74) is 2.33. The minimum atomic E-state index is 0.162. The summed E-state index contributed by atoms with van der Waals surface area (Å²) in [6, 6.07) is 0. The van der Waals surface area contributed by atoms with Gasteiger partial charge in [0.15, 0.2) is 0 Å². The zero-order valence-electron chi connectivity index (χ0n) is 9.19. The van der Waals surface area contributed by atoms with Crippen LogP contribution in [0.2, 0.25) is 0 Å². The van der Waals surface area contributed by atoms with Crippen LogP contribution in [0.1, 0.15) is 36.9 Å². The average Bonchev–Trinajstić information content (AvgIpc) is 2.96. The van der Waals surface area contributed by atoms with E-state index in [4.69, 9.17) is 4.84 Å². The highest BCUT2D eigenvalue weighted by molar-refractivity contribution is 6.01. The zero-order chi connectivity index (χ0) is 11.0. The van der Waals surface area contributed by atoms with Crippen molar-refractivity contribution >= 4 is 5.71 Å². The Hall–Kier alpha value is -1.52. The molecule has 0 saturated heterocycles. The summed E-state index contributed by atoms with van der Waals surface area (Å²) in [5, 5.41) is 18.0. The number of aromatic hydroxyl groups is 1. The molecule has 1 heterocycles. The molecule has 2 rings (SSSR count). The largest absolute Gasteiger partial charge is 0.493 e. The van der Waals surface area contributed by atoms with E-state index in [1.54, 1.807) is 7.05 Å². The number of rotatable bonds is 3. The first-order chi connectivity index (χ1) is 7.15. The third kappa shape index (κ3) is 1.69. The molecule has 82 valence electrons. The van der Waals surface area contributed by atoms with Gasteiger partial charge in [-0.25, -0.2) is 4.68 Å². The van der Waals surface area contributed by atoms with Crippen molar-refractivity contribution in [3.63, 3.8) is 0 Å². The smallest absolute Gasteiger partial charge is 0.218 e. The van der Waals surface area contributed by atoms with E-state index in [-0.39, 0.29) is 5.88 Å². The van der Waals surface area contributed by atoms with E-state index in [0.29, 0.717) is 11.6 Å². The molecule has 0 bridgehead atoms. The molecule has 0 aromatic carbocycles. The lowest BCUT2D eigenvalue weighted by atomic mass is 10.1. The van der Waals surface area contributed by atoms with Crippen LogP contribution >= 0.6 is 0 Å². The van der Waals surface area contributed by atoms with Crippen LogP contribution in [0.15, 0.2) is 5.16 Å². The van der Waals surface area contributed by atoms with E-state index < -0.39 is 0 Å². The summed E-state index contributed by atoms with van der Waals surface area (Å²) in [7, 11) is 3.22. The number of aromatic nitrogens is 2. The standard InChI is InChI=1S/C10H15N3O2/c1-6(12-15-3)8-9(7-4-5-7)11-13(2)10(8)14/h7,14H,4-5H2,1-3H3/b12-6+. The molecule has 1 aliphatic carbocycles. The molecule has 0 unspecified atom stereocenters. The van der Waals surface area contributed by atoms with Gasteiger partial charge in [-0.05, 0) is 19.8 Å². The van der Waals surface area contributed by atoms with Crippen molar-refractivity contribution < 1.29 is 9.94 Å². The minimum Gasteiger partial charge on any atom is -0.493 e. The molecule has 5 nitrogen and oxygen atoms in total. The molecule has 0 spiro atoms. The molecule has 5 heteroatoms. The first-order valence-electron chi connectivity index (χ1n) is 4.99. The first kappa shape index (κ1) is 10.0. The van der Waals surface area contributed by atoms with E-state index in [1.807, 2.05) is 6.92 Å². The second-order valence-electron chi connectivity index (χ2n) is 3.84. The molecule has 0 radical (unpaired) electrons. The van der Waals surface area contributed by atoms with Gasteiger partial charge in [0.05, 0.1) is 17.0 Å². The van der Waals surface area contributed by atoms with E-state index in [1.165, 1.54) is 11.8 Å². The lowest BCUT2D eigenvalue weighted by Crippen LogP contribution is -1.98. The molecule has 1 aromatic rings. The van der Waals surface area contributed by atoms with E-state index >= 15 is 0 Å². The Morgan fingerprint density at radius 1 is 1.60 bits per heavy atom. The van der Waals surface area contributed by atoms with Crippen molar-refractivity contribution in [3.05, 3.63) is 11.3 Å². The summed E-state index contributed by atoms with van der Waals surface area (Å²) < 4.78 is 1.48. The normalized spacial score (nSPS) is 16.9. The minimum absolute atomic E-state index is 0.162. The van der Waals surface area contributed by atoms with Gasteiger partial charge < -0.3 is 9.94 Å². The highest BCUT2D eigenvalue weighted by atomic mass is 16.6. The van der Waals surface area contributed by atoms with Crippen LogP contribution in [0, 0.1) is 0 Å². The van der Waals surface area contributed by atoms with Gasteiger partial charge in [-0.15, -0.1) is 0 Å². The van der Waals surface area contributed by atoms with Gasteiger partial charge in [-0.3, -0.25) is 0 Å². The number of aryl methyl sites for hydroxylation is 1. The quantitative estimate of drug-likeness (QED) is 0.604. The maximum absolute atomic E-state index is 9.86. The number of nitrogens with zero attached hydrogens (tertiary/aromatic N) is 3. The maximum atomic E-state index is 9.86. The van der Waals surface area contributed by atoms with E-state index in [9.17, 15) is 5.11 Å². The summed E-state index contributed by atoms with van der Waals surface area (Å²) in [5.74, 6) is 0.643. The van der Waals surface area contributed by atoms with E-state index in [0.717, 1.165) is 24.1 Å². The Morgan fingerprint density at radius 3 is 2.80 bits per heavy atom. The van der Waals surface area contributed by atoms with Crippen molar-refractivity contribution in [1.29, 1.82) is 0 Å².